The van der Waals surface area contributed by atoms with E-state index in [0.29, 0.717) is 0 Å². The first-order valence-corrected chi connectivity index (χ1v) is 11.1. The van der Waals surface area contributed by atoms with Crippen LogP contribution in [-0.4, -0.2) is 63.7 Å². The van der Waals surface area contributed by atoms with Gasteiger partial charge in [-0.15, -0.1) is 37.2 Å². The van der Waals surface area contributed by atoms with E-state index in [0.717, 1.165) is 45.0 Å². The van der Waals surface area contributed by atoms with Gasteiger partial charge in [-0.05, 0) is 34.7 Å². The minimum Gasteiger partial charge on any atom is -0.496 e. The molecule has 4 rings (SSSR count). The van der Waals surface area contributed by atoms with Crippen LogP contribution < -0.4 is 9.64 Å². The molecule has 1 fully saturated rings. The molecule has 1 aliphatic heterocycles. The van der Waals surface area contributed by atoms with Crippen molar-refractivity contribution in [2.24, 2.45) is 0 Å². The predicted molar refractivity (Wildman–Crippen MR) is 154 cm³/mol. The topological polar surface area (TPSA) is 19.0 Å². The Labute approximate surface area is 222 Å². The molecule has 0 spiro atoms. The standard InChI is InChI=1S/C27H33N3O.3ClH/c1-28(2)24-13-10-22(11-14-24)7-6-16-29-17-19-30(20-18-29)21-23-12-15-27(31-3)26-9-5-4-8-25(23)26;;;/h4-15H,16-21H2,1-3H3;3*1H/b7-6+;;;. The Morgan fingerprint density at radius 1 is 0.794 bits per heavy atom. The zero-order valence-corrected chi connectivity index (χ0v) is 22.6. The average molecular weight is 525 g/mol. The molecule has 0 saturated carbocycles. The summed E-state index contributed by atoms with van der Waals surface area (Å²) in [6.07, 6.45) is 4.52. The highest BCUT2D eigenvalue weighted by Gasteiger charge is 2.17. The van der Waals surface area contributed by atoms with Crippen LogP contribution in [0.4, 0.5) is 5.69 Å². The first-order chi connectivity index (χ1) is 15.1. The summed E-state index contributed by atoms with van der Waals surface area (Å²) >= 11 is 0. The van der Waals surface area contributed by atoms with Gasteiger partial charge in [-0.2, -0.15) is 0 Å². The van der Waals surface area contributed by atoms with Gasteiger partial charge in [0.1, 0.15) is 5.75 Å². The molecular weight excluding hydrogens is 489 g/mol. The zero-order valence-electron chi connectivity index (χ0n) is 20.1. The number of nitrogens with zero attached hydrogens (tertiary/aromatic N) is 3. The SMILES string of the molecule is COc1ccc(CN2CCN(C/C=C/c3ccc(N(C)C)cc3)CC2)c2ccccc12.Cl.Cl.Cl. The van der Waals surface area contributed by atoms with E-state index in [1.54, 1.807) is 7.11 Å². The van der Waals surface area contributed by atoms with Gasteiger partial charge in [-0.25, -0.2) is 0 Å². The fraction of sp³-hybridized carbons (Fsp3) is 0.333. The van der Waals surface area contributed by atoms with Gasteiger partial charge in [0.05, 0.1) is 7.11 Å². The number of halogens is 3. The van der Waals surface area contributed by atoms with Gasteiger partial charge in [0.2, 0.25) is 0 Å². The lowest BCUT2D eigenvalue weighted by atomic mass is 10.0. The minimum absolute atomic E-state index is 0. The van der Waals surface area contributed by atoms with Crippen LogP contribution in [0.15, 0.2) is 66.7 Å². The Bertz CT molecular complexity index is 1030. The lowest BCUT2D eigenvalue weighted by molar-refractivity contribution is 0.137. The molecule has 0 bridgehead atoms. The highest BCUT2D eigenvalue weighted by molar-refractivity contribution is 5.91. The monoisotopic (exact) mass is 523 g/mol. The highest BCUT2D eigenvalue weighted by Crippen LogP contribution is 2.29. The second kappa shape index (κ2) is 14.4. The smallest absolute Gasteiger partial charge is 0.126 e. The summed E-state index contributed by atoms with van der Waals surface area (Å²) in [5, 5.41) is 2.50. The van der Waals surface area contributed by atoms with Crippen molar-refractivity contribution in [3.63, 3.8) is 0 Å². The number of hydrogen-bond acceptors (Lipinski definition) is 4. The third kappa shape index (κ3) is 7.53. The van der Waals surface area contributed by atoms with E-state index in [9.17, 15) is 0 Å². The van der Waals surface area contributed by atoms with Gasteiger partial charge in [0, 0.05) is 64.4 Å². The normalized spacial score (nSPS) is 14.2. The minimum atomic E-state index is 0. The molecule has 0 aliphatic carbocycles. The quantitative estimate of drug-likeness (QED) is 0.377. The van der Waals surface area contributed by atoms with Crippen molar-refractivity contribution in [3.8, 4) is 5.75 Å². The van der Waals surface area contributed by atoms with E-state index in [-0.39, 0.29) is 37.2 Å². The van der Waals surface area contributed by atoms with Gasteiger partial charge in [-0.3, -0.25) is 9.80 Å². The third-order valence-corrected chi connectivity index (χ3v) is 6.14. The maximum atomic E-state index is 5.54. The van der Waals surface area contributed by atoms with Gasteiger partial charge in [0.15, 0.2) is 0 Å². The Hall–Kier alpha value is -1.95. The van der Waals surface area contributed by atoms with E-state index in [2.05, 4.69) is 102 Å². The summed E-state index contributed by atoms with van der Waals surface area (Å²) in [6, 6.07) is 21.6. The molecule has 7 heteroatoms. The summed E-state index contributed by atoms with van der Waals surface area (Å²) in [6.45, 7) is 6.43. The Balaban J connectivity index is 0.00000193. The predicted octanol–water partition coefficient (Wildman–Crippen LogP) is 6.01. The summed E-state index contributed by atoms with van der Waals surface area (Å²) in [4.78, 5) is 7.23. The Morgan fingerprint density at radius 3 is 2.03 bits per heavy atom. The molecule has 1 heterocycles. The van der Waals surface area contributed by atoms with E-state index in [1.807, 2.05) is 0 Å². The van der Waals surface area contributed by atoms with Crippen molar-refractivity contribution < 1.29 is 4.74 Å². The van der Waals surface area contributed by atoms with E-state index < -0.39 is 0 Å². The molecule has 0 unspecified atom stereocenters. The zero-order chi connectivity index (χ0) is 21.6. The van der Waals surface area contributed by atoms with Crippen LogP contribution in [0.2, 0.25) is 0 Å². The maximum absolute atomic E-state index is 5.54. The second-order valence-corrected chi connectivity index (χ2v) is 8.44. The molecule has 1 aliphatic rings. The number of ether oxygens (including phenoxy) is 1. The van der Waals surface area contributed by atoms with E-state index in [4.69, 9.17) is 4.74 Å². The van der Waals surface area contributed by atoms with Crippen molar-refractivity contribution >= 4 is 59.8 Å². The second-order valence-electron chi connectivity index (χ2n) is 8.44. The van der Waals surface area contributed by atoms with Crippen molar-refractivity contribution in [1.82, 2.24) is 9.80 Å². The van der Waals surface area contributed by atoms with E-state index >= 15 is 0 Å². The van der Waals surface area contributed by atoms with Gasteiger partial charge >= 0.3 is 0 Å². The molecule has 0 amide bonds. The van der Waals surface area contributed by atoms with Crippen molar-refractivity contribution in [2.75, 3.05) is 58.8 Å². The molecular formula is C27H36Cl3N3O. The van der Waals surface area contributed by atoms with Crippen LogP contribution in [0.25, 0.3) is 16.8 Å². The number of anilines is 1. The molecule has 1 saturated heterocycles. The van der Waals surface area contributed by atoms with Crippen LogP contribution in [0.1, 0.15) is 11.1 Å². The van der Waals surface area contributed by atoms with Crippen LogP contribution in [-0.2, 0) is 6.54 Å². The fourth-order valence-corrected chi connectivity index (χ4v) is 4.24. The summed E-state index contributed by atoms with van der Waals surface area (Å²) in [5.74, 6) is 0.951. The third-order valence-electron chi connectivity index (χ3n) is 6.14. The maximum Gasteiger partial charge on any atom is 0.126 e. The van der Waals surface area contributed by atoms with Crippen LogP contribution in [0.5, 0.6) is 5.75 Å². The van der Waals surface area contributed by atoms with Crippen molar-refractivity contribution in [3.05, 3.63) is 77.9 Å². The van der Waals surface area contributed by atoms with E-state index in [1.165, 1.54) is 27.6 Å². The largest absolute Gasteiger partial charge is 0.496 e. The highest BCUT2D eigenvalue weighted by atomic mass is 35.5. The fourth-order valence-electron chi connectivity index (χ4n) is 4.24. The van der Waals surface area contributed by atoms with Gasteiger partial charge in [0.25, 0.3) is 0 Å². The number of hydrogen-bond donors (Lipinski definition) is 0. The molecule has 186 valence electrons. The average Bonchev–Trinajstić information content (AvgIpc) is 2.81. The first-order valence-electron chi connectivity index (χ1n) is 11.1. The summed E-state index contributed by atoms with van der Waals surface area (Å²) < 4.78 is 5.54. The Kier molecular flexibility index (Phi) is 12.8. The molecule has 0 aromatic heterocycles. The lowest BCUT2D eigenvalue weighted by Gasteiger charge is -2.34. The van der Waals surface area contributed by atoms with Gasteiger partial charge in [-0.1, -0.05) is 54.6 Å². The molecule has 4 nitrogen and oxygen atoms in total. The number of fused-ring (bicyclic) bond motifs is 1. The van der Waals surface area contributed by atoms with Crippen molar-refractivity contribution in [1.29, 1.82) is 0 Å². The number of methoxy groups -OCH3 is 1. The molecule has 34 heavy (non-hydrogen) atoms. The number of rotatable bonds is 7. The molecule has 0 N–H and O–H groups in total. The van der Waals surface area contributed by atoms with Crippen LogP contribution in [0.3, 0.4) is 0 Å². The van der Waals surface area contributed by atoms with Crippen LogP contribution >= 0.6 is 37.2 Å². The molecule has 0 atom stereocenters. The molecule has 3 aromatic rings. The molecule has 0 radical (unpaired) electrons. The van der Waals surface area contributed by atoms with Crippen molar-refractivity contribution in [2.45, 2.75) is 6.54 Å². The number of benzene rings is 3. The summed E-state index contributed by atoms with van der Waals surface area (Å²) in [7, 11) is 5.89. The number of piperazine rings is 1. The lowest BCUT2D eigenvalue weighted by Crippen LogP contribution is -2.45. The Morgan fingerprint density at radius 2 is 1.41 bits per heavy atom. The van der Waals surface area contributed by atoms with Crippen LogP contribution in [0, 0.1) is 0 Å². The van der Waals surface area contributed by atoms with Gasteiger partial charge < -0.3 is 9.64 Å². The molecule has 3 aromatic carbocycles. The first kappa shape index (κ1) is 30.1. The summed E-state index contributed by atoms with van der Waals surface area (Å²) in [5.41, 5.74) is 3.87.